The Hall–Kier alpha value is -2.36. The van der Waals surface area contributed by atoms with Crippen molar-refractivity contribution in [2.75, 3.05) is 18.4 Å². The van der Waals surface area contributed by atoms with Crippen LogP contribution in [0.25, 0.3) is 0 Å². The van der Waals surface area contributed by atoms with E-state index in [1.807, 2.05) is 12.1 Å². The third kappa shape index (κ3) is 6.08. The molecule has 4 nitrogen and oxygen atoms in total. The van der Waals surface area contributed by atoms with E-state index >= 15 is 0 Å². The zero-order valence-corrected chi connectivity index (χ0v) is 12.4. The highest BCUT2D eigenvalue weighted by molar-refractivity contribution is 5.78. The van der Waals surface area contributed by atoms with Crippen molar-refractivity contribution in [1.29, 1.82) is 0 Å². The van der Waals surface area contributed by atoms with Crippen LogP contribution in [0.3, 0.4) is 0 Å². The molecule has 21 heavy (non-hydrogen) atoms. The van der Waals surface area contributed by atoms with Gasteiger partial charge in [-0.25, -0.2) is 0 Å². The minimum atomic E-state index is 0.881. The van der Waals surface area contributed by atoms with Gasteiger partial charge in [0.15, 0.2) is 0 Å². The van der Waals surface area contributed by atoms with Crippen LogP contribution < -0.4 is 10.7 Å². The average molecular weight is 282 g/mol. The SMILES string of the molecule is Cc1cccc(NCCCCN/N=C/c2cccnc2)c1. The lowest BCUT2D eigenvalue weighted by Gasteiger charge is -2.06. The fourth-order valence-electron chi connectivity index (χ4n) is 1.95. The first-order chi connectivity index (χ1) is 10.3. The van der Waals surface area contributed by atoms with Crippen molar-refractivity contribution >= 4 is 11.9 Å². The summed E-state index contributed by atoms with van der Waals surface area (Å²) in [5, 5.41) is 7.60. The van der Waals surface area contributed by atoms with Crippen LogP contribution in [-0.2, 0) is 0 Å². The molecule has 0 amide bonds. The summed E-state index contributed by atoms with van der Waals surface area (Å²) in [5.41, 5.74) is 6.54. The molecule has 0 unspecified atom stereocenters. The molecular formula is C17H22N4. The van der Waals surface area contributed by atoms with E-state index in [0.29, 0.717) is 0 Å². The van der Waals surface area contributed by atoms with E-state index in [0.717, 1.165) is 31.5 Å². The zero-order chi connectivity index (χ0) is 14.8. The van der Waals surface area contributed by atoms with Crippen LogP contribution in [0.5, 0.6) is 0 Å². The molecule has 0 aliphatic rings. The third-order valence-corrected chi connectivity index (χ3v) is 3.05. The van der Waals surface area contributed by atoms with Crippen LogP contribution in [0.2, 0.25) is 0 Å². The van der Waals surface area contributed by atoms with Crippen molar-refractivity contribution in [2.45, 2.75) is 19.8 Å². The number of benzene rings is 1. The van der Waals surface area contributed by atoms with E-state index in [1.54, 1.807) is 18.6 Å². The van der Waals surface area contributed by atoms with Crippen LogP contribution in [0.1, 0.15) is 24.0 Å². The predicted molar refractivity (Wildman–Crippen MR) is 88.7 cm³/mol. The molecule has 0 bridgehead atoms. The maximum absolute atomic E-state index is 4.17. The van der Waals surface area contributed by atoms with E-state index in [2.05, 4.69) is 52.0 Å². The van der Waals surface area contributed by atoms with Gasteiger partial charge in [-0.2, -0.15) is 5.10 Å². The van der Waals surface area contributed by atoms with Crippen LogP contribution in [0, 0.1) is 6.92 Å². The standard InChI is InChI=1S/C17H22N4/c1-15-6-4-8-17(12-15)19-10-2-3-11-20-21-14-16-7-5-9-18-13-16/h4-9,12-14,19-20H,2-3,10-11H2,1H3/b21-14+. The monoisotopic (exact) mass is 282 g/mol. The quantitative estimate of drug-likeness (QED) is 0.444. The molecular weight excluding hydrogens is 260 g/mol. The Bertz CT molecular complexity index is 552. The Morgan fingerprint density at radius 2 is 2.05 bits per heavy atom. The first kappa shape index (κ1) is 15.0. The highest BCUT2D eigenvalue weighted by Gasteiger charge is 1.92. The van der Waals surface area contributed by atoms with E-state index in [4.69, 9.17) is 0 Å². The van der Waals surface area contributed by atoms with Gasteiger partial charge in [-0.05, 0) is 43.5 Å². The second-order valence-electron chi connectivity index (χ2n) is 4.96. The summed E-state index contributed by atoms with van der Waals surface area (Å²) >= 11 is 0. The van der Waals surface area contributed by atoms with E-state index in [9.17, 15) is 0 Å². The lowest BCUT2D eigenvalue weighted by Crippen LogP contribution is -2.10. The topological polar surface area (TPSA) is 49.3 Å². The van der Waals surface area contributed by atoms with Gasteiger partial charge >= 0.3 is 0 Å². The minimum absolute atomic E-state index is 0.881. The van der Waals surface area contributed by atoms with Gasteiger partial charge in [-0.3, -0.25) is 4.98 Å². The lowest BCUT2D eigenvalue weighted by molar-refractivity contribution is 0.662. The predicted octanol–water partition coefficient (Wildman–Crippen LogP) is 3.21. The molecule has 1 aromatic heterocycles. The Morgan fingerprint density at radius 1 is 1.14 bits per heavy atom. The van der Waals surface area contributed by atoms with Gasteiger partial charge in [-0.15, -0.1) is 0 Å². The maximum atomic E-state index is 4.17. The summed E-state index contributed by atoms with van der Waals surface area (Å²) < 4.78 is 0. The number of pyridine rings is 1. The summed E-state index contributed by atoms with van der Waals surface area (Å²) in [4.78, 5) is 4.03. The number of aryl methyl sites for hydroxylation is 1. The Morgan fingerprint density at radius 3 is 2.86 bits per heavy atom. The number of unbranched alkanes of at least 4 members (excludes halogenated alkanes) is 1. The van der Waals surface area contributed by atoms with Crippen molar-refractivity contribution in [3.63, 3.8) is 0 Å². The number of rotatable bonds is 8. The van der Waals surface area contributed by atoms with E-state index < -0.39 is 0 Å². The Balaban J connectivity index is 1.53. The van der Waals surface area contributed by atoms with E-state index in [-0.39, 0.29) is 0 Å². The van der Waals surface area contributed by atoms with Gasteiger partial charge in [-0.1, -0.05) is 18.2 Å². The number of aromatic nitrogens is 1. The fraction of sp³-hybridized carbons (Fsp3) is 0.294. The summed E-state index contributed by atoms with van der Waals surface area (Å²) in [5.74, 6) is 0. The summed E-state index contributed by atoms with van der Waals surface area (Å²) in [6.45, 7) is 3.97. The molecule has 1 heterocycles. The fourth-order valence-corrected chi connectivity index (χ4v) is 1.95. The summed E-state index contributed by atoms with van der Waals surface area (Å²) in [7, 11) is 0. The molecule has 4 heteroatoms. The second-order valence-corrected chi connectivity index (χ2v) is 4.96. The zero-order valence-electron chi connectivity index (χ0n) is 12.4. The van der Waals surface area contributed by atoms with Crippen molar-refractivity contribution in [2.24, 2.45) is 5.10 Å². The van der Waals surface area contributed by atoms with Crippen molar-refractivity contribution in [3.05, 3.63) is 59.9 Å². The number of hydrogen-bond acceptors (Lipinski definition) is 4. The molecule has 110 valence electrons. The highest BCUT2D eigenvalue weighted by Crippen LogP contribution is 2.09. The largest absolute Gasteiger partial charge is 0.385 e. The van der Waals surface area contributed by atoms with Crippen LogP contribution >= 0.6 is 0 Å². The van der Waals surface area contributed by atoms with Gasteiger partial charge < -0.3 is 10.7 Å². The molecule has 2 aromatic rings. The molecule has 0 aliphatic carbocycles. The maximum Gasteiger partial charge on any atom is 0.0555 e. The Labute approximate surface area is 126 Å². The van der Waals surface area contributed by atoms with E-state index in [1.165, 1.54) is 11.3 Å². The van der Waals surface area contributed by atoms with Crippen LogP contribution in [-0.4, -0.2) is 24.3 Å². The molecule has 0 saturated heterocycles. The Kier molecular flexibility index (Phi) is 6.26. The molecule has 2 N–H and O–H groups in total. The highest BCUT2D eigenvalue weighted by atomic mass is 15.3. The number of hydrazone groups is 1. The number of hydrogen-bond donors (Lipinski definition) is 2. The first-order valence-electron chi connectivity index (χ1n) is 7.31. The third-order valence-electron chi connectivity index (χ3n) is 3.05. The number of nitrogens with zero attached hydrogens (tertiary/aromatic N) is 2. The molecule has 0 radical (unpaired) electrons. The molecule has 0 aliphatic heterocycles. The van der Waals surface area contributed by atoms with Crippen LogP contribution in [0.15, 0.2) is 53.9 Å². The van der Waals surface area contributed by atoms with Gasteiger partial charge in [0.05, 0.1) is 6.21 Å². The van der Waals surface area contributed by atoms with Crippen molar-refractivity contribution in [3.8, 4) is 0 Å². The first-order valence-corrected chi connectivity index (χ1v) is 7.31. The van der Waals surface area contributed by atoms with Gasteiger partial charge in [0.1, 0.15) is 0 Å². The number of anilines is 1. The van der Waals surface area contributed by atoms with Crippen molar-refractivity contribution in [1.82, 2.24) is 10.4 Å². The van der Waals surface area contributed by atoms with Crippen molar-refractivity contribution < 1.29 is 0 Å². The molecule has 2 rings (SSSR count). The summed E-state index contributed by atoms with van der Waals surface area (Å²) in [6, 6.07) is 12.3. The molecule has 0 fully saturated rings. The van der Waals surface area contributed by atoms with Gasteiger partial charge in [0.2, 0.25) is 0 Å². The minimum Gasteiger partial charge on any atom is -0.385 e. The molecule has 0 spiro atoms. The van der Waals surface area contributed by atoms with Gasteiger partial charge in [0, 0.05) is 36.7 Å². The number of nitrogens with one attached hydrogen (secondary N) is 2. The smallest absolute Gasteiger partial charge is 0.0555 e. The van der Waals surface area contributed by atoms with Crippen LogP contribution in [0.4, 0.5) is 5.69 Å². The molecule has 1 aromatic carbocycles. The normalized spacial score (nSPS) is 10.7. The molecule has 0 atom stereocenters. The summed E-state index contributed by atoms with van der Waals surface area (Å²) in [6.07, 6.45) is 7.54. The average Bonchev–Trinajstić information content (AvgIpc) is 2.51. The molecule has 0 saturated carbocycles. The van der Waals surface area contributed by atoms with Gasteiger partial charge in [0.25, 0.3) is 0 Å². The second kappa shape index (κ2) is 8.74. The lowest BCUT2D eigenvalue weighted by atomic mass is 10.2.